The third kappa shape index (κ3) is 6.72. The number of hydrogen-bond donors (Lipinski definition) is 7. The smallest absolute Gasteiger partial charge is 0.387 e. The molecule has 2 aromatic rings. The van der Waals surface area contributed by atoms with Crippen LogP contribution in [0.15, 0.2) is 11.5 Å². The Labute approximate surface area is 236 Å². The van der Waals surface area contributed by atoms with Gasteiger partial charge in [-0.25, -0.2) is 23.8 Å². The van der Waals surface area contributed by atoms with Gasteiger partial charge in [0.2, 0.25) is 0 Å². The average Bonchev–Trinajstić information content (AvgIpc) is 3.29. The molecule has 1 saturated heterocycles. The van der Waals surface area contributed by atoms with Crippen molar-refractivity contribution in [3.8, 4) is 0 Å². The molecule has 0 amide bonds. The fourth-order valence-electron chi connectivity index (χ4n) is 3.17. The van der Waals surface area contributed by atoms with Crippen molar-refractivity contribution < 1.29 is 57.1 Å². The fraction of sp³-hybridized carbons (Fsp3) is 0.667. The molecule has 3 heterocycles. The number of rotatable bonds is 12. The second-order valence-electron chi connectivity index (χ2n) is 7.86. The van der Waals surface area contributed by atoms with E-state index in [2.05, 4.69) is 55.6 Å². The molecule has 0 aliphatic carbocycles. The molecule has 1 aliphatic heterocycles. The molecule has 0 bridgehead atoms. The number of fused-ring (bicyclic) bond motifs is 1. The summed E-state index contributed by atoms with van der Waals surface area (Å²) in [6.07, 6.45) is -3.16. The van der Waals surface area contributed by atoms with E-state index in [4.69, 9.17) is 10.5 Å². The van der Waals surface area contributed by atoms with E-state index in [1.165, 1.54) is 22.7 Å². The van der Waals surface area contributed by atoms with E-state index in [1.54, 1.807) is 0 Å². The number of nitrogen functional groups attached to an aromatic ring is 1. The predicted molar refractivity (Wildman–Crippen MR) is 141 cm³/mol. The number of aliphatic hydroxyl groups is 2. The highest BCUT2D eigenvalue weighted by Gasteiger charge is 2.61. The molecule has 0 radical (unpaired) electrons. The van der Waals surface area contributed by atoms with Crippen LogP contribution >= 0.6 is 66.6 Å². The molecule has 38 heavy (non-hydrogen) atoms. The third-order valence-electron chi connectivity index (χ3n) is 5.10. The van der Waals surface area contributed by atoms with Gasteiger partial charge in [-0.15, -0.1) is 0 Å². The Kier molecular flexibility index (Phi) is 10.3. The quantitative estimate of drug-likeness (QED) is 0.0705. The molecule has 0 aromatic carbocycles. The van der Waals surface area contributed by atoms with Crippen molar-refractivity contribution in [3.05, 3.63) is 6.33 Å². The summed E-state index contributed by atoms with van der Waals surface area (Å²) >= 11 is 5.90. The molecule has 6 atom stereocenters. The van der Waals surface area contributed by atoms with Crippen LogP contribution in [0.25, 0.3) is 11.2 Å². The highest BCUT2D eigenvalue weighted by atomic mass is 79.9. The molecule has 17 nitrogen and oxygen atoms in total. The summed E-state index contributed by atoms with van der Waals surface area (Å²) in [5.41, 5.74) is 6.32. The van der Waals surface area contributed by atoms with E-state index in [0.29, 0.717) is 10.9 Å². The Balaban J connectivity index is 1.81. The summed E-state index contributed by atoms with van der Waals surface area (Å²) in [4.78, 5) is 50.7. The van der Waals surface area contributed by atoms with Crippen LogP contribution < -0.4 is 5.73 Å². The van der Waals surface area contributed by atoms with Gasteiger partial charge in [-0.05, 0) is 38.3 Å². The van der Waals surface area contributed by atoms with Crippen molar-refractivity contribution in [3.63, 3.8) is 0 Å². The van der Waals surface area contributed by atoms with Crippen molar-refractivity contribution in [1.82, 2.24) is 19.5 Å². The van der Waals surface area contributed by atoms with Crippen LogP contribution in [0.1, 0.15) is 26.0 Å². The molecule has 1 aliphatic rings. The van der Waals surface area contributed by atoms with E-state index in [-0.39, 0.29) is 17.0 Å². The zero-order valence-electron chi connectivity index (χ0n) is 19.2. The van der Waals surface area contributed by atoms with Gasteiger partial charge < -0.3 is 40.3 Å². The van der Waals surface area contributed by atoms with Crippen molar-refractivity contribution in [1.29, 1.82) is 0 Å². The lowest BCUT2D eigenvalue weighted by Crippen LogP contribution is -2.33. The van der Waals surface area contributed by atoms with Crippen molar-refractivity contribution in [2.75, 3.05) is 18.1 Å². The zero-order chi connectivity index (χ0) is 28.7. The molecule has 2 unspecified atom stereocenters. The van der Waals surface area contributed by atoms with Crippen LogP contribution in [0.5, 0.6) is 0 Å². The van der Waals surface area contributed by atoms with Gasteiger partial charge in [0.25, 0.3) is 2.72 Å². The third-order valence-corrected chi connectivity index (χ3v) is 16.7. The second-order valence-corrected chi connectivity index (χ2v) is 20.5. The topological polar surface area (TPSA) is 270 Å². The number of nitrogens with two attached hydrogens (primary N) is 1. The number of anilines is 1. The van der Waals surface area contributed by atoms with E-state index in [0.717, 1.165) is 12.8 Å². The number of aliphatic hydroxyl groups excluding tert-OH is 2. The number of aromatic nitrogens is 4. The van der Waals surface area contributed by atoms with Gasteiger partial charge in [0.1, 0.15) is 24.6 Å². The molecule has 23 heteroatoms. The number of ether oxygens (including phenoxy) is 1. The normalized spacial score (nSPS) is 25.9. The first kappa shape index (κ1) is 32.5. The molecular weight excluding hydrogens is 727 g/mol. The van der Waals surface area contributed by atoms with E-state index in [1.807, 2.05) is 6.92 Å². The van der Waals surface area contributed by atoms with Gasteiger partial charge in [-0.1, -0.05) is 25.1 Å². The summed E-state index contributed by atoms with van der Waals surface area (Å²) in [6, 6.07) is 0. The first-order valence-corrected chi connectivity index (χ1v) is 17.8. The van der Waals surface area contributed by atoms with Crippen molar-refractivity contribution >= 4 is 83.6 Å². The number of nitrogens with zero attached hydrogens (tertiary/aromatic N) is 4. The number of unbranched alkanes of at least 4 members (excludes halogenated alkanes) is 1. The number of phosphoric acid groups is 1. The molecule has 0 saturated carbocycles. The molecular formula is C15H24Br2N5O12P3S. The molecule has 0 spiro atoms. The van der Waals surface area contributed by atoms with Crippen LogP contribution in [0.3, 0.4) is 0 Å². The summed E-state index contributed by atoms with van der Waals surface area (Å²) < 4.78 is 48.8. The fourth-order valence-corrected chi connectivity index (χ4v) is 9.12. The lowest BCUT2D eigenvalue weighted by atomic mass is 10.1. The van der Waals surface area contributed by atoms with E-state index in [9.17, 15) is 43.5 Å². The molecule has 8 N–H and O–H groups in total. The monoisotopic (exact) mass is 749 g/mol. The summed E-state index contributed by atoms with van der Waals surface area (Å²) in [5.74, 6) is 0.713. The Morgan fingerprint density at radius 2 is 1.84 bits per heavy atom. The molecule has 1 fully saturated rings. The first-order chi connectivity index (χ1) is 17.4. The minimum Gasteiger partial charge on any atom is -0.387 e. The predicted octanol–water partition coefficient (Wildman–Crippen LogP) is 1.82. The minimum atomic E-state index is -5.59. The van der Waals surface area contributed by atoms with Gasteiger partial charge in [-0.3, -0.25) is 18.2 Å². The number of alkyl halides is 2. The van der Waals surface area contributed by atoms with Gasteiger partial charge in [0, 0.05) is 5.75 Å². The second kappa shape index (κ2) is 12.1. The summed E-state index contributed by atoms with van der Waals surface area (Å²) in [7, 11) is -16.5. The largest absolute Gasteiger partial charge is 0.479 e. The number of phosphoric ester groups is 1. The Morgan fingerprint density at radius 3 is 2.45 bits per heavy atom. The number of halogens is 2. The van der Waals surface area contributed by atoms with Crippen molar-refractivity contribution in [2.45, 2.75) is 52.2 Å². The van der Waals surface area contributed by atoms with Crippen LogP contribution in [0.2, 0.25) is 0 Å². The minimum absolute atomic E-state index is 0.0655. The first-order valence-electron chi connectivity index (χ1n) is 10.5. The zero-order valence-corrected chi connectivity index (χ0v) is 25.9. The summed E-state index contributed by atoms with van der Waals surface area (Å²) in [5, 5.41) is 21.6. The van der Waals surface area contributed by atoms with Gasteiger partial charge in [0.05, 0.1) is 6.61 Å². The molecule has 3 rings (SSSR count). The van der Waals surface area contributed by atoms with Crippen LogP contribution in [-0.2, 0) is 27.3 Å². The van der Waals surface area contributed by atoms with Gasteiger partial charge in [-0.2, -0.15) is 0 Å². The average molecular weight is 751 g/mol. The number of hydrogen-bond acceptors (Lipinski definition) is 13. The number of imidazole rings is 1. The Hall–Kier alpha value is -0.0100. The Morgan fingerprint density at radius 1 is 1.18 bits per heavy atom. The SMILES string of the molecule is CCCCSc1nc2c(N)ncnc2n1[C@@H]1O[C@H](COP(=O)(O)OP(=O)(O)C(Br)(Br)P(=O)(O)O)[C@@H](O)[C@H]1O. The van der Waals surface area contributed by atoms with Crippen molar-refractivity contribution in [2.24, 2.45) is 0 Å². The highest BCUT2D eigenvalue weighted by Crippen LogP contribution is 2.81. The van der Waals surface area contributed by atoms with Gasteiger partial charge >= 0.3 is 23.0 Å². The molecule has 2 aromatic heterocycles. The molecule has 216 valence electrons. The maximum absolute atomic E-state index is 12.3. The maximum Gasteiger partial charge on any atom is 0.479 e. The van der Waals surface area contributed by atoms with Gasteiger partial charge in [0.15, 0.2) is 28.4 Å². The lowest BCUT2D eigenvalue weighted by Gasteiger charge is -2.27. The van der Waals surface area contributed by atoms with Crippen LogP contribution in [0.4, 0.5) is 5.82 Å². The van der Waals surface area contributed by atoms with Crippen LogP contribution in [-0.4, -0.2) is 82.7 Å². The van der Waals surface area contributed by atoms with Crippen LogP contribution in [0, 0.1) is 0 Å². The Bertz CT molecular complexity index is 1310. The van der Waals surface area contributed by atoms with E-state index < -0.39 is 56.9 Å². The number of thioether (sulfide) groups is 1. The summed E-state index contributed by atoms with van der Waals surface area (Å²) in [6.45, 7) is 1.05. The van der Waals surface area contributed by atoms with E-state index >= 15 is 0 Å². The lowest BCUT2D eigenvalue weighted by molar-refractivity contribution is -0.0539. The highest BCUT2D eigenvalue weighted by molar-refractivity contribution is 9.29. The standard InChI is InChI=1S/C15H24Br2N5O12P3S/c1-2-3-4-38-14-21-8-11(18)19-6-20-12(8)22(14)13-10(24)9(23)7(33-13)5-32-37(30,31)34-36(28,29)15(16,17)35(25,26)27/h6-7,9-10,13,23-24H,2-5H2,1H3,(H,28,29)(H,30,31)(H2,18,19,20)(H2,25,26,27)/t7-,9-,10-,13-/m1/s1. The maximum atomic E-state index is 12.3.